The van der Waals surface area contributed by atoms with E-state index in [1.807, 2.05) is 54.6 Å². The van der Waals surface area contributed by atoms with Gasteiger partial charge in [0.05, 0.1) is 11.0 Å². The summed E-state index contributed by atoms with van der Waals surface area (Å²) in [4.78, 5) is 45.1. The number of carbonyl (C=O) groups is 2. The van der Waals surface area contributed by atoms with Gasteiger partial charge >= 0.3 is 0 Å². The Kier molecular flexibility index (Phi) is 4.88. The summed E-state index contributed by atoms with van der Waals surface area (Å²) in [5.74, 6) is -0.286. The Morgan fingerprint density at radius 1 is 0.971 bits per heavy atom. The Hall–Kier alpha value is -4.46. The average Bonchev–Trinajstić information content (AvgIpc) is 3.25. The van der Waals surface area contributed by atoms with Crippen molar-refractivity contribution in [3.8, 4) is 0 Å². The second kappa shape index (κ2) is 8.09. The molecule has 2 amide bonds. The first kappa shape index (κ1) is 21.1. The highest BCUT2D eigenvalue weighted by atomic mass is 16.6. The number of aromatic amines is 1. The molecular formula is C27H22N4O4. The first-order chi connectivity index (χ1) is 17.0. The molecular weight excluding hydrogens is 444 g/mol. The molecule has 1 saturated heterocycles. The van der Waals surface area contributed by atoms with Crippen LogP contribution in [-0.4, -0.2) is 44.1 Å². The van der Waals surface area contributed by atoms with Crippen molar-refractivity contribution in [2.24, 2.45) is 0 Å². The Bertz CT molecular complexity index is 1480. The molecule has 1 N–H and O–H groups in total. The highest BCUT2D eigenvalue weighted by molar-refractivity contribution is 5.97. The molecule has 174 valence electrons. The summed E-state index contributed by atoms with van der Waals surface area (Å²) < 4.78 is 0. The van der Waals surface area contributed by atoms with Gasteiger partial charge in [0.1, 0.15) is 12.6 Å². The molecule has 3 aromatic carbocycles. The number of piperazine rings is 1. The number of benzene rings is 3. The number of para-hydroxylation sites is 1. The molecule has 35 heavy (non-hydrogen) atoms. The van der Waals surface area contributed by atoms with Crippen molar-refractivity contribution in [2.45, 2.75) is 25.0 Å². The topological polar surface area (TPSA) is 99.5 Å². The lowest BCUT2D eigenvalue weighted by atomic mass is 9.86. The van der Waals surface area contributed by atoms with E-state index in [9.17, 15) is 19.7 Å². The number of nitrogens with zero attached hydrogens (tertiary/aromatic N) is 3. The van der Waals surface area contributed by atoms with E-state index in [1.54, 1.807) is 21.9 Å². The summed E-state index contributed by atoms with van der Waals surface area (Å²) in [6.45, 7) is 0.323. The summed E-state index contributed by atoms with van der Waals surface area (Å²) in [6, 6.07) is 22.5. The van der Waals surface area contributed by atoms with E-state index >= 15 is 0 Å². The van der Waals surface area contributed by atoms with E-state index in [1.165, 1.54) is 12.1 Å². The van der Waals surface area contributed by atoms with Gasteiger partial charge in [-0.2, -0.15) is 0 Å². The minimum absolute atomic E-state index is 0.0365. The van der Waals surface area contributed by atoms with Crippen molar-refractivity contribution in [3.05, 3.63) is 111 Å². The van der Waals surface area contributed by atoms with Crippen LogP contribution in [0.2, 0.25) is 0 Å². The quantitative estimate of drug-likeness (QED) is 0.363. The monoisotopic (exact) mass is 466 g/mol. The molecule has 0 saturated carbocycles. The van der Waals surface area contributed by atoms with Crippen LogP contribution in [0.3, 0.4) is 0 Å². The lowest BCUT2D eigenvalue weighted by Crippen LogP contribution is -2.62. The van der Waals surface area contributed by atoms with Gasteiger partial charge in [0.25, 0.3) is 5.69 Å². The van der Waals surface area contributed by atoms with Crippen LogP contribution in [0.15, 0.2) is 78.9 Å². The molecule has 4 aromatic rings. The van der Waals surface area contributed by atoms with Crippen LogP contribution in [0.25, 0.3) is 10.9 Å². The second-order valence-electron chi connectivity index (χ2n) is 9.02. The minimum atomic E-state index is -0.684. The predicted octanol–water partition coefficient (Wildman–Crippen LogP) is 3.96. The molecule has 2 unspecified atom stereocenters. The van der Waals surface area contributed by atoms with E-state index in [0.29, 0.717) is 18.5 Å². The van der Waals surface area contributed by atoms with E-state index in [2.05, 4.69) is 4.98 Å². The van der Waals surface area contributed by atoms with Crippen LogP contribution in [0.1, 0.15) is 28.4 Å². The standard InChI is InChI=1S/C27H22N4O4/c32-24-16-29(15-17-7-2-1-3-8-17)27(33)23-14-21-20-11-4-5-12-22(20)28-25(21)26(30(23)24)18-9-6-10-19(13-18)31(34)35/h1-13,23,26,28H,14-16H2. The number of amides is 2. The Labute approximate surface area is 200 Å². The molecule has 2 aliphatic heterocycles. The first-order valence-electron chi connectivity index (χ1n) is 11.5. The maximum Gasteiger partial charge on any atom is 0.269 e. The Morgan fingerprint density at radius 2 is 1.74 bits per heavy atom. The van der Waals surface area contributed by atoms with Crippen LogP contribution in [0.5, 0.6) is 0 Å². The molecule has 2 aliphatic rings. The zero-order valence-corrected chi connectivity index (χ0v) is 18.8. The van der Waals surface area contributed by atoms with Crippen molar-refractivity contribution in [2.75, 3.05) is 6.54 Å². The lowest BCUT2D eigenvalue weighted by Gasteiger charge is -2.47. The average molecular weight is 466 g/mol. The van der Waals surface area contributed by atoms with Gasteiger partial charge in [-0.1, -0.05) is 60.7 Å². The minimum Gasteiger partial charge on any atom is -0.356 e. The van der Waals surface area contributed by atoms with Crippen molar-refractivity contribution >= 4 is 28.4 Å². The fourth-order valence-corrected chi connectivity index (χ4v) is 5.42. The molecule has 0 spiro atoms. The molecule has 8 nitrogen and oxygen atoms in total. The van der Waals surface area contributed by atoms with Gasteiger partial charge in [-0.15, -0.1) is 0 Å². The molecule has 6 rings (SSSR count). The number of rotatable bonds is 4. The van der Waals surface area contributed by atoms with E-state index in [4.69, 9.17) is 0 Å². The number of H-pyrrole nitrogens is 1. The maximum atomic E-state index is 13.7. The second-order valence-corrected chi connectivity index (χ2v) is 9.02. The smallest absolute Gasteiger partial charge is 0.269 e. The third-order valence-corrected chi connectivity index (χ3v) is 6.96. The molecule has 0 radical (unpaired) electrons. The van der Waals surface area contributed by atoms with Gasteiger partial charge in [-0.25, -0.2) is 0 Å². The molecule has 0 bridgehead atoms. The van der Waals surface area contributed by atoms with Gasteiger partial charge in [0, 0.05) is 41.7 Å². The van der Waals surface area contributed by atoms with Crippen molar-refractivity contribution in [1.29, 1.82) is 0 Å². The predicted molar refractivity (Wildman–Crippen MR) is 129 cm³/mol. The molecule has 8 heteroatoms. The van der Waals surface area contributed by atoms with E-state index in [-0.39, 0.29) is 24.0 Å². The number of nitrogens with one attached hydrogen (secondary N) is 1. The number of aromatic nitrogens is 1. The van der Waals surface area contributed by atoms with Crippen molar-refractivity contribution in [3.63, 3.8) is 0 Å². The number of hydrogen-bond donors (Lipinski definition) is 1. The van der Waals surface area contributed by atoms with E-state index < -0.39 is 17.0 Å². The Morgan fingerprint density at radius 3 is 2.54 bits per heavy atom. The number of nitro benzene ring substituents is 1. The number of nitro groups is 1. The normalized spacial score (nSPS) is 19.5. The molecule has 1 aromatic heterocycles. The van der Waals surface area contributed by atoms with E-state index in [0.717, 1.165) is 27.7 Å². The van der Waals surface area contributed by atoms with Crippen LogP contribution >= 0.6 is 0 Å². The fourth-order valence-electron chi connectivity index (χ4n) is 5.42. The third-order valence-electron chi connectivity index (χ3n) is 6.96. The van der Waals surface area contributed by atoms with Crippen molar-refractivity contribution in [1.82, 2.24) is 14.8 Å². The number of carbonyl (C=O) groups excluding carboxylic acids is 2. The zero-order valence-electron chi connectivity index (χ0n) is 18.8. The van der Waals surface area contributed by atoms with Gasteiger partial charge in [-0.3, -0.25) is 19.7 Å². The summed E-state index contributed by atoms with van der Waals surface area (Å²) in [6.07, 6.45) is 0.390. The largest absolute Gasteiger partial charge is 0.356 e. The molecule has 0 aliphatic carbocycles. The zero-order chi connectivity index (χ0) is 24.1. The van der Waals surface area contributed by atoms with Gasteiger partial charge in [0.15, 0.2) is 0 Å². The highest BCUT2D eigenvalue weighted by Crippen LogP contribution is 2.43. The van der Waals surface area contributed by atoms with Crippen LogP contribution in [0.4, 0.5) is 5.69 Å². The summed E-state index contributed by atoms with van der Waals surface area (Å²) in [5, 5.41) is 12.5. The van der Waals surface area contributed by atoms with Gasteiger partial charge < -0.3 is 14.8 Å². The third kappa shape index (κ3) is 3.45. The van der Waals surface area contributed by atoms with Gasteiger partial charge in [0.2, 0.25) is 11.8 Å². The Balaban J connectivity index is 1.48. The van der Waals surface area contributed by atoms with Crippen LogP contribution < -0.4 is 0 Å². The molecule has 3 heterocycles. The van der Waals surface area contributed by atoms with Crippen molar-refractivity contribution < 1.29 is 14.5 Å². The first-order valence-corrected chi connectivity index (χ1v) is 11.5. The fraction of sp³-hybridized carbons (Fsp3) is 0.185. The number of fused-ring (bicyclic) bond motifs is 4. The molecule has 1 fully saturated rings. The maximum absolute atomic E-state index is 13.7. The highest BCUT2D eigenvalue weighted by Gasteiger charge is 2.48. The van der Waals surface area contributed by atoms with Gasteiger partial charge in [-0.05, 0) is 22.8 Å². The van der Waals surface area contributed by atoms with Crippen LogP contribution in [0, 0.1) is 10.1 Å². The molecule has 2 atom stereocenters. The van der Waals surface area contributed by atoms with Crippen LogP contribution in [-0.2, 0) is 22.6 Å². The number of hydrogen-bond acceptors (Lipinski definition) is 4. The summed E-state index contributed by atoms with van der Waals surface area (Å²) >= 11 is 0. The summed E-state index contributed by atoms with van der Waals surface area (Å²) in [5.41, 5.74) is 4.20. The SMILES string of the molecule is O=C1C2Cc3c([nH]c4ccccc34)C(c3cccc([N+](=O)[O-])c3)N2C(=O)CN1Cc1ccccc1. The lowest BCUT2D eigenvalue weighted by molar-refractivity contribution is -0.384. The number of non-ortho nitro benzene ring substituents is 1. The summed E-state index contributed by atoms with van der Waals surface area (Å²) in [7, 11) is 0.